The Kier molecular flexibility index (Phi) is 4.13. The van der Waals surface area contributed by atoms with Crippen LogP contribution >= 0.6 is 35.8 Å². The van der Waals surface area contributed by atoms with Crippen LogP contribution in [-0.2, 0) is 0 Å². The highest BCUT2D eigenvalue weighted by Gasteiger charge is 2.15. The maximum Gasteiger partial charge on any atom is 0.282 e. The van der Waals surface area contributed by atoms with Crippen molar-refractivity contribution in [2.45, 2.75) is 0 Å². The van der Waals surface area contributed by atoms with Crippen molar-refractivity contribution >= 4 is 46.8 Å². The van der Waals surface area contributed by atoms with Gasteiger partial charge in [-0.05, 0) is 12.1 Å². The fraction of sp³-hybridized carbons (Fsp3) is 0.222. The number of carbonyl (C=O) groups is 1. The van der Waals surface area contributed by atoms with Crippen LogP contribution in [0.4, 0.5) is 10.5 Å². The van der Waals surface area contributed by atoms with Crippen LogP contribution < -0.4 is 9.64 Å². The van der Waals surface area contributed by atoms with Gasteiger partial charge in [-0.25, -0.2) is 0 Å². The molecule has 1 aromatic rings. The molecular weight excluding hydrogens is 257 g/mol. The Balaban J connectivity index is 3.23. The minimum Gasteiger partial charge on any atom is -0.495 e. The smallest absolute Gasteiger partial charge is 0.282 e. The van der Waals surface area contributed by atoms with E-state index in [1.165, 1.54) is 12.0 Å². The standard InChI is InChI=1S/C9H9Cl2NO2S/c1-12(9(13)15)5-3-4-6(14-2)8(11)7(5)10/h3-4H,1-2H3,(H,13,15). The van der Waals surface area contributed by atoms with E-state index < -0.39 is 5.24 Å². The van der Waals surface area contributed by atoms with Crippen LogP contribution in [0.5, 0.6) is 5.75 Å². The van der Waals surface area contributed by atoms with E-state index in [0.717, 1.165) is 0 Å². The molecule has 0 aliphatic heterocycles. The molecule has 1 amide bonds. The predicted molar refractivity (Wildman–Crippen MR) is 65.8 cm³/mol. The summed E-state index contributed by atoms with van der Waals surface area (Å²) in [4.78, 5) is 12.3. The van der Waals surface area contributed by atoms with Gasteiger partial charge in [0.1, 0.15) is 10.8 Å². The van der Waals surface area contributed by atoms with E-state index in [-0.39, 0.29) is 10.0 Å². The first-order valence-corrected chi connectivity index (χ1v) is 5.18. The Morgan fingerprint density at radius 3 is 2.47 bits per heavy atom. The lowest BCUT2D eigenvalue weighted by atomic mass is 10.3. The number of ether oxygens (including phenoxy) is 1. The fourth-order valence-corrected chi connectivity index (χ4v) is 1.67. The first kappa shape index (κ1) is 12.5. The van der Waals surface area contributed by atoms with Crippen LogP contribution in [0.3, 0.4) is 0 Å². The number of methoxy groups -OCH3 is 1. The third kappa shape index (κ3) is 2.51. The second kappa shape index (κ2) is 4.96. The normalized spacial score (nSPS) is 9.93. The molecule has 0 atom stereocenters. The number of nitrogens with zero attached hydrogens (tertiary/aromatic N) is 1. The van der Waals surface area contributed by atoms with Gasteiger partial charge in [0.25, 0.3) is 5.24 Å². The van der Waals surface area contributed by atoms with E-state index in [4.69, 9.17) is 27.9 Å². The van der Waals surface area contributed by atoms with Crippen molar-refractivity contribution in [1.82, 2.24) is 0 Å². The zero-order valence-electron chi connectivity index (χ0n) is 8.12. The number of halogens is 2. The van der Waals surface area contributed by atoms with Gasteiger partial charge >= 0.3 is 0 Å². The van der Waals surface area contributed by atoms with Gasteiger partial charge in [-0.1, -0.05) is 35.8 Å². The summed E-state index contributed by atoms with van der Waals surface area (Å²) < 4.78 is 4.98. The quantitative estimate of drug-likeness (QED) is 0.830. The summed E-state index contributed by atoms with van der Waals surface area (Å²) in [5, 5.41) is 0.122. The molecule has 0 heterocycles. The van der Waals surface area contributed by atoms with Crippen molar-refractivity contribution in [2.24, 2.45) is 0 Å². The number of amides is 1. The molecule has 0 bridgehead atoms. The van der Waals surface area contributed by atoms with Gasteiger partial charge in [0.2, 0.25) is 0 Å². The molecule has 82 valence electrons. The molecule has 0 unspecified atom stereocenters. The van der Waals surface area contributed by atoms with E-state index in [1.54, 1.807) is 19.2 Å². The van der Waals surface area contributed by atoms with Gasteiger partial charge in [-0.2, -0.15) is 0 Å². The number of carbonyl (C=O) groups excluding carboxylic acids is 1. The lowest BCUT2D eigenvalue weighted by Crippen LogP contribution is -2.20. The maximum absolute atomic E-state index is 11.0. The van der Waals surface area contributed by atoms with Crippen LogP contribution in [0.1, 0.15) is 0 Å². The molecule has 0 N–H and O–H groups in total. The summed E-state index contributed by atoms with van der Waals surface area (Å²) in [5.74, 6) is 0.463. The van der Waals surface area contributed by atoms with E-state index in [2.05, 4.69) is 12.6 Å². The topological polar surface area (TPSA) is 29.5 Å². The van der Waals surface area contributed by atoms with Gasteiger partial charge in [0.05, 0.1) is 17.8 Å². The highest BCUT2D eigenvalue weighted by atomic mass is 35.5. The summed E-state index contributed by atoms with van der Waals surface area (Å²) in [7, 11) is 3.05. The van der Waals surface area contributed by atoms with Crippen molar-refractivity contribution in [1.29, 1.82) is 0 Å². The fourth-order valence-electron chi connectivity index (χ4n) is 1.04. The molecule has 0 radical (unpaired) electrons. The number of hydrogen-bond donors (Lipinski definition) is 1. The van der Waals surface area contributed by atoms with E-state index >= 15 is 0 Å². The number of thiol groups is 1. The van der Waals surface area contributed by atoms with Crippen LogP contribution in [0.15, 0.2) is 12.1 Å². The molecule has 0 spiro atoms. The molecule has 15 heavy (non-hydrogen) atoms. The number of hydrogen-bond acceptors (Lipinski definition) is 2. The van der Waals surface area contributed by atoms with E-state index in [1.807, 2.05) is 0 Å². The van der Waals surface area contributed by atoms with Gasteiger partial charge in [0, 0.05) is 7.05 Å². The summed E-state index contributed by atoms with van der Waals surface area (Å²) in [6.45, 7) is 0. The molecule has 0 aliphatic carbocycles. The zero-order valence-corrected chi connectivity index (χ0v) is 10.5. The molecular formula is C9H9Cl2NO2S. The van der Waals surface area contributed by atoms with Crippen molar-refractivity contribution in [3.63, 3.8) is 0 Å². The van der Waals surface area contributed by atoms with Crippen molar-refractivity contribution in [3.8, 4) is 5.75 Å². The Hall–Kier alpha value is -0.580. The average molecular weight is 266 g/mol. The number of anilines is 1. The number of benzene rings is 1. The lowest BCUT2D eigenvalue weighted by molar-refractivity contribution is 0.266. The highest BCUT2D eigenvalue weighted by Crippen LogP contribution is 2.38. The Bertz CT molecular complexity index is 398. The first-order chi connectivity index (χ1) is 6.99. The zero-order chi connectivity index (χ0) is 11.6. The molecule has 1 rings (SSSR count). The number of rotatable bonds is 2. The molecule has 0 saturated heterocycles. The van der Waals surface area contributed by atoms with Gasteiger partial charge in [0.15, 0.2) is 0 Å². The maximum atomic E-state index is 11.0. The summed E-state index contributed by atoms with van der Waals surface area (Å²) in [5.41, 5.74) is 0.488. The van der Waals surface area contributed by atoms with Crippen molar-refractivity contribution in [3.05, 3.63) is 22.2 Å². The van der Waals surface area contributed by atoms with E-state index in [0.29, 0.717) is 11.4 Å². The molecule has 0 saturated carbocycles. The van der Waals surface area contributed by atoms with Crippen molar-refractivity contribution in [2.75, 3.05) is 19.1 Å². The molecule has 6 heteroatoms. The second-order valence-corrected chi connectivity index (χ2v) is 3.90. The van der Waals surface area contributed by atoms with Crippen LogP contribution in [0.25, 0.3) is 0 Å². The van der Waals surface area contributed by atoms with Gasteiger partial charge in [-0.3, -0.25) is 4.79 Å². The Labute approximate surface area is 103 Å². The molecule has 0 aliphatic rings. The van der Waals surface area contributed by atoms with Crippen molar-refractivity contribution < 1.29 is 9.53 Å². The van der Waals surface area contributed by atoms with Crippen LogP contribution in [0.2, 0.25) is 10.0 Å². The lowest BCUT2D eigenvalue weighted by Gasteiger charge is -2.17. The van der Waals surface area contributed by atoms with Crippen LogP contribution in [-0.4, -0.2) is 19.4 Å². The second-order valence-electron chi connectivity index (χ2n) is 2.76. The highest BCUT2D eigenvalue weighted by molar-refractivity contribution is 7.96. The average Bonchev–Trinajstić information content (AvgIpc) is 2.21. The summed E-state index contributed by atoms with van der Waals surface area (Å²) in [6.07, 6.45) is 0. The predicted octanol–water partition coefficient (Wildman–Crippen LogP) is 3.49. The molecule has 3 nitrogen and oxygen atoms in total. The Morgan fingerprint density at radius 2 is 2.00 bits per heavy atom. The summed E-state index contributed by atoms with van der Waals surface area (Å²) >= 11 is 15.6. The first-order valence-electron chi connectivity index (χ1n) is 3.97. The largest absolute Gasteiger partial charge is 0.495 e. The molecule has 1 aromatic carbocycles. The van der Waals surface area contributed by atoms with Gasteiger partial charge in [-0.15, -0.1) is 0 Å². The minimum absolute atomic E-state index is 0.265. The van der Waals surface area contributed by atoms with Gasteiger partial charge < -0.3 is 9.64 Å². The SMILES string of the molecule is COc1ccc(N(C)C(=O)S)c(Cl)c1Cl. The molecule has 0 aromatic heterocycles. The van der Waals surface area contributed by atoms with Crippen LogP contribution in [0, 0.1) is 0 Å². The van der Waals surface area contributed by atoms with E-state index in [9.17, 15) is 4.79 Å². The minimum atomic E-state index is -0.418. The monoisotopic (exact) mass is 265 g/mol. The third-order valence-corrected chi connectivity index (χ3v) is 3.05. The molecule has 0 fully saturated rings. The Morgan fingerprint density at radius 1 is 1.40 bits per heavy atom. The third-order valence-electron chi connectivity index (χ3n) is 1.89. The summed E-state index contributed by atoms with van der Waals surface area (Å²) in [6, 6.07) is 3.28.